The van der Waals surface area contributed by atoms with Gasteiger partial charge in [-0.15, -0.1) is 0 Å². The molecule has 0 unspecified atom stereocenters. The van der Waals surface area contributed by atoms with Gasteiger partial charge >= 0.3 is 11.7 Å². The third-order valence-corrected chi connectivity index (χ3v) is 3.54. The van der Waals surface area contributed by atoms with Crippen molar-refractivity contribution < 1.29 is 33.2 Å². The zero-order chi connectivity index (χ0) is 20.8. The number of ketones is 1. The van der Waals surface area contributed by atoms with Gasteiger partial charge in [-0.05, 0) is 30.3 Å². The number of methoxy groups -OCH3 is 1. The molecule has 9 nitrogen and oxygen atoms in total. The monoisotopic (exact) mass is 390 g/mol. The number of rotatable bonds is 7. The maximum Gasteiger partial charge on any atom is 0.338 e. The molecule has 0 saturated carbocycles. The lowest BCUT2D eigenvalue weighted by molar-refractivity contribution is -0.385. The average Bonchev–Trinajstić information content (AvgIpc) is 2.64. The standard InChI is InChI=1S/C18H15FN2O7/c1-10(22)20-12-4-5-13(14(19)8-12)16(23)9-28-18(24)11-3-6-17(27-2)15(7-11)21(25)26/h3-8H,9H2,1-2H3,(H,20,22). The van der Waals surface area contributed by atoms with Crippen LogP contribution in [0, 0.1) is 15.9 Å². The van der Waals surface area contributed by atoms with E-state index in [2.05, 4.69) is 5.32 Å². The first-order chi connectivity index (χ1) is 13.2. The van der Waals surface area contributed by atoms with Crippen LogP contribution in [-0.4, -0.2) is 36.3 Å². The van der Waals surface area contributed by atoms with Gasteiger partial charge in [-0.25, -0.2) is 9.18 Å². The maximum atomic E-state index is 14.0. The van der Waals surface area contributed by atoms with Crippen molar-refractivity contribution in [2.24, 2.45) is 0 Å². The minimum atomic E-state index is -0.991. The second kappa shape index (κ2) is 8.71. The fourth-order valence-electron chi connectivity index (χ4n) is 2.27. The fraction of sp³-hybridized carbons (Fsp3) is 0.167. The van der Waals surface area contributed by atoms with E-state index >= 15 is 0 Å². The van der Waals surface area contributed by atoms with Crippen molar-refractivity contribution in [1.82, 2.24) is 0 Å². The molecular weight excluding hydrogens is 375 g/mol. The van der Waals surface area contributed by atoms with E-state index < -0.39 is 40.7 Å². The number of benzene rings is 2. The van der Waals surface area contributed by atoms with E-state index in [-0.39, 0.29) is 22.6 Å². The first-order valence-electron chi connectivity index (χ1n) is 7.82. The molecule has 2 aromatic carbocycles. The number of carbonyl (C=O) groups excluding carboxylic acids is 3. The quantitative estimate of drug-likeness (QED) is 0.333. The zero-order valence-corrected chi connectivity index (χ0v) is 14.9. The van der Waals surface area contributed by atoms with Gasteiger partial charge in [0.15, 0.2) is 12.4 Å². The Balaban J connectivity index is 2.08. The highest BCUT2D eigenvalue weighted by atomic mass is 19.1. The number of Topliss-reactive ketones (excluding diaryl/α,β-unsaturated/α-hetero) is 1. The van der Waals surface area contributed by atoms with E-state index in [1.54, 1.807) is 0 Å². The van der Waals surface area contributed by atoms with Crippen LogP contribution >= 0.6 is 0 Å². The summed E-state index contributed by atoms with van der Waals surface area (Å²) in [7, 11) is 1.24. The van der Waals surface area contributed by atoms with Crippen LogP contribution in [0.15, 0.2) is 36.4 Å². The highest BCUT2D eigenvalue weighted by molar-refractivity contribution is 6.00. The molecule has 2 aromatic rings. The maximum absolute atomic E-state index is 14.0. The Morgan fingerprint density at radius 1 is 1.18 bits per heavy atom. The third-order valence-electron chi connectivity index (χ3n) is 3.54. The van der Waals surface area contributed by atoms with Crippen LogP contribution in [-0.2, 0) is 9.53 Å². The molecule has 10 heteroatoms. The van der Waals surface area contributed by atoms with Crippen LogP contribution in [0.3, 0.4) is 0 Å². The minimum absolute atomic E-state index is 0.0426. The van der Waals surface area contributed by atoms with Crippen molar-refractivity contribution >= 4 is 29.0 Å². The third kappa shape index (κ3) is 4.87. The predicted octanol–water partition coefficient (Wildman–Crippen LogP) is 2.74. The summed E-state index contributed by atoms with van der Waals surface area (Å²) in [4.78, 5) is 45.3. The summed E-state index contributed by atoms with van der Waals surface area (Å²) in [5.74, 6) is -3.15. The molecule has 0 aliphatic heterocycles. The van der Waals surface area contributed by atoms with Gasteiger partial charge in [-0.1, -0.05) is 0 Å². The topological polar surface area (TPSA) is 125 Å². The molecule has 0 spiro atoms. The highest BCUT2D eigenvalue weighted by Gasteiger charge is 2.20. The molecule has 0 fully saturated rings. The number of nitro benzene ring substituents is 1. The minimum Gasteiger partial charge on any atom is -0.490 e. The van der Waals surface area contributed by atoms with Gasteiger partial charge in [0.25, 0.3) is 0 Å². The van der Waals surface area contributed by atoms with Gasteiger partial charge in [0.2, 0.25) is 11.7 Å². The predicted molar refractivity (Wildman–Crippen MR) is 95.0 cm³/mol. The Labute approximate surface area is 158 Å². The van der Waals surface area contributed by atoms with E-state index in [0.29, 0.717) is 0 Å². The van der Waals surface area contributed by atoms with Crippen LogP contribution in [0.25, 0.3) is 0 Å². The van der Waals surface area contributed by atoms with Crippen LogP contribution in [0.5, 0.6) is 5.75 Å². The largest absolute Gasteiger partial charge is 0.490 e. The van der Waals surface area contributed by atoms with E-state index in [1.165, 1.54) is 32.2 Å². The van der Waals surface area contributed by atoms with Gasteiger partial charge < -0.3 is 14.8 Å². The van der Waals surface area contributed by atoms with Gasteiger partial charge in [-0.2, -0.15) is 0 Å². The summed E-state index contributed by atoms with van der Waals surface area (Å²) in [5, 5.41) is 13.4. The van der Waals surface area contributed by atoms with E-state index in [9.17, 15) is 28.9 Å². The molecule has 0 aliphatic carbocycles. The van der Waals surface area contributed by atoms with Crippen molar-refractivity contribution in [1.29, 1.82) is 0 Å². The van der Waals surface area contributed by atoms with E-state index in [1.807, 2.05) is 0 Å². The molecule has 0 saturated heterocycles. The van der Waals surface area contributed by atoms with Crippen molar-refractivity contribution in [3.05, 3.63) is 63.5 Å². The average molecular weight is 390 g/mol. The van der Waals surface area contributed by atoms with Crippen molar-refractivity contribution in [3.63, 3.8) is 0 Å². The first kappa shape index (κ1) is 20.5. The second-order valence-electron chi connectivity index (χ2n) is 5.52. The lowest BCUT2D eigenvalue weighted by Crippen LogP contribution is -2.16. The molecule has 2 rings (SSSR count). The summed E-state index contributed by atoms with van der Waals surface area (Å²) in [6.45, 7) is 0.481. The van der Waals surface area contributed by atoms with Gasteiger partial charge in [0.1, 0.15) is 5.82 Å². The molecule has 0 atom stereocenters. The van der Waals surface area contributed by atoms with Crippen molar-refractivity contribution in [3.8, 4) is 5.75 Å². The van der Waals surface area contributed by atoms with Crippen LogP contribution in [0.2, 0.25) is 0 Å². The molecular formula is C18H15FN2O7. The van der Waals surface area contributed by atoms with Gasteiger partial charge in [0, 0.05) is 18.7 Å². The number of nitrogens with one attached hydrogen (secondary N) is 1. The Hall–Kier alpha value is -3.82. The number of amides is 1. The molecule has 0 heterocycles. The lowest BCUT2D eigenvalue weighted by atomic mass is 10.1. The van der Waals surface area contributed by atoms with Gasteiger partial charge in [-0.3, -0.25) is 19.7 Å². The summed E-state index contributed by atoms with van der Waals surface area (Å²) in [6.07, 6.45) is 0. The smallest absolute Gasteiger partial charge is 0.338 e. The highest BCUT2D eigenvalue weighted by Crippen LogP contribution is 2.27. The van der Waals surface area contributed by atoms with Crippen molar-refractivity contribution in [2.75, 3.05) is 19.0 Å². The molecule has 0 radical (unpaired) electrons. The number of hydrogen-bond acceptors (Lipinski definition) is 7. The summed E-state index contributed by atoms with van der Waals surface area (Å²) in [5.41, 5.74) is -0.767. The normalized spacial score (nSPS) is 10.1. The number of nitro groups is 1. The second-order valence-corrected chi connectivity index (χ2v) is 5.52. The summed E-state index contributed by atoms with van der Waals surface area (Å²) in [6, 6.07) is 6.84. The van der Waals surface area contributed by atoms with Crippen LogP contribution in [0.1, 0.15) is 27.6 Å². The van der Waals surface area contributed by atoms with Crippen LogP contribution in [0.4, 0.5) is 15.8 Å². The molecule has 1 amide bonds. The first-order valence-corrected chi connectivity index (χ1v) is 7.82. The summed E-state index contributed by atoms with van der Waals surface area (Å²) < 4.78 is 23.7. The number of halogens is 1. The number of carbonyl (C=O) groups is 3. The van der Waals surface area contributed by atoms with E-state index in [0.717, 1.165) is 18.2 Å². The Morgan fingerprint density at radius 3 is 2.46 bits per heavy atom. The molecule has 0 bridgehead atoms. The molecule has 0 aromatic heterocycles. The molecule has 146 valence electrons. The molecule has 0 aliphatic rings. The molecule has 28 heavy (non-hydrogen) atoms. The number of hydrogen-bond donors (Lipinski definition) is 1. The Bertz CT molecular complexity index is 959. The SMILES string of the molecule is COc1ccc(C(=O)OCC(=O)c2ccc(NC(C)=O)cc2F)cc1[N+](=O)[O-]. The van der Waals surface area contributed by atoms with E-state index in [4.69, 9.17) is 9.47 Å². The lowest BCUT2D eigenvalue weighted by Gasteiger charge is -2.08. The van der Waals surface area contributed by atoms with Gasteiger partial charge in [0.05, 0.1) is 23.2 Å². The number of anilines is 1. The zero-order valence-electron chi connectivity index (χ0n) is 14.9. The number of ether oxygens (including phenoxy) is 2. The van der Waals surface area contributed by atoms with Crippen LogP contribution < -0.4 is 10.1 Å². The number of nitrogens with zero attached hydrogens (tertiary/aromatic N) is 1. The fourth-order valence-corrected chi connectivity index (χ4v) is 2.27. The Kier molecular flexibility index (Phi) is 6.38. The van der Waals surface area contributed by atoms with Crippen molar-refractivity contribution in [2.45, 2.75) is 6.92 Å². The Morgan fingerprint density at radius 2 is 1.89 bits per heavy atom. The molecule has 1 N–H and O–H groups in total. The summed E-state index contributed by atoms with van der Waals surface area (Å²) >= 11 is 0. The number of esters is 1.